The van der Waals surface area contributed by atoms with Gasteiger partial charge in [-0.25, -0.2) is 0 Å². The average molecular weight is 234 g/mol. The van der Waals surface area contributed by atoms with Crippen molar-refractivity contribution in [3.63, 3.8) is 0 Å². The maximum absolute atomic E-state index is 8.66. The first-order chi connectivity index (χ1) is 7.83. The van der Waals surface area contributed by atoms with Gasteiger partial charge in [-0.2, -0.15) is 0 Å². The topological polar surface area (TPSA) is 77.4 Å². The first-order valence-electron chi connectivity index (χ1n) is 4.80. The Balaban J connectivity index is 0.000000244. The van der Waals surface area contributed by atoms with E-state index in [-0.39, 0.29) is 12.7 Å². The molecule has 2 N–H and O–H groups in total. The van der Waals surface area contributed by atoms with Crippen molar-refractivity contribution in [2.75, 3.05) is 40.0 Å². The van der Waals surface area contributed by atoms with Crippen molar-refractivity contribution < 1.29 is 29.2 Å². The molecule has 6 nitrogen and oxygen atoms in total. The van der Waals surface area contributed by atoms with Crippen LogP contribution in [-0.4, -0.2) is 62.4 Å². The van der Waals surface area contributed by atoms with Gasteiger partial charge in [0.1, 0.15) is 25.8 Å². The summed E-state index contributed by atoms with van der Waals surface area (Å²) in [5, 5.41) is 17.0. The van der Waals surface area contributed by atoms with E-state index >= 15 is 0 Å². The van der Waals surface area contributed by atoms with Crippen molar-refractivity contribution in [3.05, 3.63) is 0 Å². The summed E-state index contributed by atoms with van der Waals surface area (Å²) in [6.45, 7) is 2.11. The van der Waals surface area contributed by atoms with E-state index in [1.807, 2.05) is 0 Å². The molecule has 1 unspecified atom stereocenters. The predicted octanol–water partition coefficient (Wildman–Crippen LogP) is -1.05. The fourth-order valence-electron chi connectivity index (χ4n) is 0.953. The zero-order valence-electron chi connectivity index (χ0n) is 9.08. The lowest BCUT2D eigenvalue weighted by atomic mass is 10.4. The van der Waals surface area contributed by atoms with Gasteiger partial charge in [0.05, 0.1) is 26.4 Å². The summed E-state index contributed by atoms with van der Waals surface area (Å²) < 4.78 is 19.0. The second kappa shape index (κ2) is 10.8. The Morgan fingerprint density at radius 1 is 1.00 bits per heavy atom. The number of hydrogen-bond acceptors (Lipinski definition) is 6. The van der Waals surface area contributed by atoms with Crippen LogP contribution in [0.2, 0.25) is 0 Å². The standard InChI is InChI=1S/2C4H8O3.C2H2/c5-4-1-6-3-7-2-4;5-1-4-2-6-3-7-4;1-2/h2*4-5H,1-3H2;1-2H. The Morgan fingerprint density at radius 3 is 1.81 bits per heavy atom. The minimum Gasteiger partial charge on any atom is -0.394 e. The number of aliphatic hydroxyl groups is 2. The fraction of sp³-hybridized carbons (Fsp3) is 0.800. The second-order valence-corrected chi connectivity index (χ2v) is 2.97. The van der Waals surface area contributed by atoms with E-state index in [2.05, 4.69) is 12.8 Å². The van der Waals surface area contributed by atoms with Gasteiger partial charge in [0.2, 0.25) is 0 Å². The molecule has 0 aromatic carbocycles. The Hall–Kier alpha value is -0.680. The molecule has 0 bridgehead atoms. The molecule has 6 heteroatoms. The van der Waals surface area contributed by atoms with Gasteiger partial charge in [0.25, 0.3) is 0 Å². The minimum atomic E-state index is -0.409. The Morgan fingerprint density at radius 2 is 1.56 bits per heavy atom. The molecule has 0 saturated carbocycles. The SMILES string of the molecule is C#C.OC1COCOC1.OCC1COCO1. The Kier molecular flexibility index (Phi) is 10.4. The number of hydrogen-bond donors (Lipinski definition) is 2. The summed E-state index contributed by atoms with van der Waals surface area (Å²) in [7, 11) is 0. The van der Waals surface area contributed by atoms with Gasteiger partial charge < -0.3 is 29.2 Å². The van der Waals surface area contributed by atoms with E-state index in [0.717, 1.165) is 0 Å². The van der Waals surface area contributed by atoms with Crippen LogP contribution in [0.5, 0.6) is 0 Å². The van der Waals surface area contributed by atoms with E-state index in [1.165, 1.54) is 0 Å². The molecule has 0 spiro atoms. The molecular weight excluding hydrogens is 216 g/mol. The van der Waals surface area contributed by atoms with Gasteiger partial charge in [-0.05, 0) is 0 Å². The van der Waals surface area contributed by atoms with E-state index < -0.39 is 6.10 Å². The largest absolute Gasteiger partial charge is 0.394 e. The first-order valence-corrected chi connectivity index (χ1v) is 4.80. The molecule has 0 aromatic heterocycles. The highest BCUT2D eigenvalue weighted by molar-refractivity contribution is 4.55. The van der Waals surface area contributed by atoms with Crippen molar-refractivity contribution >= 4 is 0 Å². The molecule has 2 rings (SSSR count). The zero-order valence-corrected chi connectivity index (χ0v) is 9.08. The Bertz CT molecular complexity index is 160. The summed E-state index contributed by atoms with van der Waals surface area (Å²) in [6.07, 6.45) is 7.52. The summed E-state index contributed by atoms with van der Waals surface area (Å²) in [5.41, 5.74) is 0. The molecular formula is C10H18O6. The lowest BCUT2D eigenvalue weighted by Crippen LogP contribution is -2.28. The number of ether oxygens (including phenoxy) is 4. The molecule has 2 aliphatic rings. The summed E-state index contributed by atoms with van der Waals surface area (Å²) in [5.74, 6) is 0. The smallest absolute Gasteiger partial charge is 0.147 e. The van der Waals surface area contributed by atoms with E-state index in [1.54, 1.807) is 0 Å². The van der Waals surface area contributed by atoms with Crippen molar-refractivity contribution in [2.45, 2.75) is 12.2 Å². The lowest BCUT2D eigenvalue weighted by molar-refractivity contribution is -0.150. The van der Waals surface area contributed by atoms with Gasteiger partial charge in [-0.3, -0.25) is 0 Å². The minimum absolute atomic E-state index is 0.0694. The maximum atomic E-state index is 8.66. The van der Waals surface area contributed by atoms with Crippen molar-refractivity contribution in [2.24, 2.45) is 0 Å². The van der Waals surface area contributed by atoms with Crippen molar-refractivity contribution in [3.8, 4) is 12.8 Å². The quantitative estimate of drug-likeness (QED) is 0.564. The van der Waals surface area contributed by atoms with Crippen LogP contribution in [0.4, 0.5) is 0 Å². The van der Waals surface area contributed by atoms with Gasteiger partial charge in [0.15, 0.2) is 0 Å². The summed E-state index contributed by atoms with van der Waals surface area (Å²) in [4.78, 5) is 0. The highest BCUT2D eigenvalue weighted by Crippen LogP contribution is 1.99. The van der Waals surface area contributed by atoms with Crippen LogP contribution < -0.4 is 0 Å². The number of rotatable bonds is 1. The van der Waals surface area contributed by atoms with Crippen LogP contribution in [0.1, 0.15) is 0 Å². The van der Waals surface area contributed by atoms with Crippen LogP contribution in [0.15, 0.2) is 0 Å². The third-order valence-electron chi connectivity index (χ3n) is 1.68. The van der Waals surface area contributed by atoms with E-state index in [9.17, 15) is 0 Å². The molecule has 16 heavy (non-hydrogen) atoms. The first kappa shape index (κ1) is 15.3. The van der Waals surface area contributed by atoms with Crippen molar-refractivity contribution in [1.29, 1.82) is 0 Å². The van der Waals surface area contributed by atoms with Crippen LogP contribution in [0, 0.1) is 12.8 Å². The van der Waals surface area contributed by atoms with Gasteiger partial charge in [0, 0.05) is 0 Å². The van der Waals surface area contributed by atoms with Crippen LogP contribution in [-0.2, 0) is 18.9 Å². The molecule has 2 aliphatic heterocycles. The molecule has 94 valence electrons. The molecule has 0 amide bonds. The highest BCUT2D eigenvalue weighted by Gasteiger charge is 2.13. The van der Waals surface area contributed by atoms with E-state index in [4.69, 9.17) is 29.2 Å². The summed E-state index contributed by atoms with van der Waals surface area (Å²) >= 11 is 0. The molecule has 1 atom stereocenters. The normalized spacial score (nSPS) is 24.9. The fourth-order valence-corrected chi connectivity index (χ4v) is 0.953. The third kappa shape index (κ3) is 7.59. The maximum Gasteiger partial charge on any atom is 0.147 e. The molecule has 2 fully saturated rings. The molecule has 0 radical (unpaired) electrons. The van der Waals surface area contributed by atoms with Crippen LogP contribution >= 0.6 is 0 Å². The zero-order chi connectivity index (χ0) is 12.2. The van der Waals surface area contributed by atoms with Gasteiger partial charge >= 0.3 is 0 Å². The number of aliphatic hydroxyl groups excluding tert-OH is 2. The predicted molar refractivity (Wildman–Crippen MR) is 55.4 cm³/mol. The van der Waals surface area contributed by atoms with Gasteiger partial charge in [-0.15, -0.1) is 12.8 Å². The Labute approximate surface area is 95.1 Å². The third-order valence-corrected chi connectivity index (χ3v) is 1.68. The second-order valence-electron chi connectivity index (χ2n) is 2.97. The lowest BCUT2D eigenvalue weighted by Gasteiger charge is -2.16. The average Bonchev–Trinajstić information content (AvgIpc) is 2.86. The molecule has 2 saturated heterocycles. The molecule has 2 heterocycles. The highest BCUT2D eigenvalue weighted by atomic mass is 16.7. The van der Waals surface area contributed by atoms with E-state index in [0.29, 0.717) is 33.4 Å². The molecule has 0 aromatic rings. The molecule has 0 aliphatic carbocycles. The van der Waals surface area contributed by atoms with Crippen LogP contribution in [0.25, 0.3) is 0 Å². The van der Waals surface area contributed by atoms with Crippen LogP contribution in [0.3, 0.4) is 0 Å². The number of terminal acetylenes is 1. The summed E-state index contributed by atoms with van der Waals surface area (Å²) in [6, 6.07) is 0. The van der Waals surface area contributed by atoms with Gasteiger partial charge in [-0.1, -0.05) is 0 Å². The van der Waals surface area contributed by atoms with Crippen molar-refractivity contribution in [1.82, 2.24) is 0 Å². The monoisotopic (exact) mass is 234 g/mol.